The summed E-state index contributed by atoms with van der Waals surface area (Å²) in [5, 5.41) is 0.606. The number of thioether (sulfide) groups is 1. The molecule has 0 N–H and O–H groups in total. The molecule has 2 heteroatoms. The van der Waals surface area contributed by atoms with Crippen LogP contribution in [0.5, 0.6) is 0 Å². The van der Waals surface area contributed by atoms with Gasteiger partial charge in [0.15, 0.2) is 0 Å². The van der Waals surface area contributed by atoms with Crippen LogP contribution in [0.1, 0.15) is 6.42 Å². The number of hydrogen-bond donors (Lipinski definition) is 0. The van der Waals surface area contributed by atoms with Gasteiger partial charge in [0, 0.05) is 17.6 Å². The van der Waals surface area contributed by atoms with Crippen molar-refractivity contribution in [3.8, 4) is 0 Å². The van der Waals surface area contributed by atoms with Gasteiger partial charge in [-0.3, -0.25) is 0 Å². The predicted molar refractivity (Wildman–Crippen MR) is 66.3 cm³/mol. The van der Waals surface area contributed by atoms with Crippen molar-refractivity contribution in [2.75, 3.05) is 11.9 Å². The first-order valence-electron chi connectivity index (χ1n) is 5.22. The summed E-state index contributed by atoms with van der Waals surface area (Å²) in [6.45, 7) is 0. The van der Waals surface area contributed by atoms with Gasteiger partial charge < -0.3 is 4.90 Å². The van der Waals surface area contributed by atoms with E-state index in [0.717, 1.165) is 6.42 Å². The summed E-state index contributed by atoms with van der Waals surface area (Å²) in [7, 11) is 2.16. The van der Waals surface area contributed by atoms with Crippen LogP contribution >= 0.6 is 11.8 Å². The Kier molecular flexibility index (Phi) is 2.10. The lowest BCUT2D eigenvalue weighted by molar-refractivity contribution is 0.889. The van der Waals surface area contributed by atoms with E-state index in [0.29, 0.717) is 5.25 Å². The van der Waals surface area contributed by atoms with Gasteiger partial charge in [0.25, 0.3) is 0 Å². The zero-order chi connectivity index (χ0) is 10.3. The molecule has 3 rings (SSSR count). The van der Waals surface area contributed by atoms with Crippen LogP contribution in [0.25, 0.3) is 0 Å². The number of para-hydroxylation sites is 1. The second-order valence-electron chi connectivity index (χ2n) is 3.89. The fourth-order valence-electron chi connectivity index (χ4n) is 2.16. The number of nitrogens with zero attached hydrogens (tertiary/aromatic N) is 1. The van der Waals surface area contributed by atoms with E-state index in [1.165, 1.54) is 16.3 Å². The molecule has 1 aromatic rings. The molecule has 1 aliphatic carbocycles. The van der Waals surface area contributed by atoms with E-state index in [4.69, 9.17) is 0 Å². The maximum atomic E-state index is 2.32. The average Bonchev–Trinajstić information content (AvgIpc) is 2.30. The molecule has 1 heterocycles. The van der Waals surface area contributed by atoms with Crippen molar-refractivity contribution in [3.63, 3.8) is 0 Å². The van der Waals surface area contributed by atoms with E-state index in [-0.39, 0.29) is 0 Å². The van der Waals surface area contributed by atoms with Crippen LogP contribution in [0.3, 0.4) is 0 Å². The summed E-state index contributed by atoms with van der Waals surface area (Å²) in [4.78, 5) is 3.72. The summed E-state index contributed by atoms with van der Waals surface area (Å²) < 4.78 is 0. The second-order valence-corrected chi connectivity index (χ2v) is 5.13. The smallest absolute Gasteiger partial charge is 0.0544 e. The van der Waals surface area contributed by atoms with Crippen LogP contribution in [0, 0.1) is 0 Å². The summed E-state index contributed by atoms with van der Waals surface area (Å²) >= 11 is 1.98. The molecule has 0 spiro atoms. The van der Waals surface area contributed by atoms with Crippen LogP contribution in [0.2, 0.25) is 0 Å². The maximum absolute atomic E-state index is 2.32. The largest absolute Gasteiger partial charge is 0.346 e. The van der Waals surface area contributed by atoms with Crippen molar-refractivity contribution in [3.05, 3.63) is 48.2 Å². The maximum Gasteiger partial charge on any atom is 0.0544 e. The van der Waals surface area contributed by atoms with Gasteiger partial charge in [0.1, 0.15) is 0 Å². The first-order chi connectivity index (χ1) is 7.36. The standard InChI is InChI=1S/C13H13NS/c1-14-10-6-2-4-8-12(10)15-13-9-5-3-7-11(13)14/h2-8,13H,9H2,1H3. The van der Waals surface area contributed by atoms with Crippen molar-refractivity contribution < 1.29 is 0 Å². The Morgan fingerprint density at radius 3 is 3.13 bits per heavy atom. The molecule has 0 saturated carbocycles. The second kappa shape index (κ2) is 3.46. The molecule has 1 nitrogen and oxygen atoms in total. The van der Waals surface area contributed by atoms with E-state index >= 15 is 0 Å². The van der Waals surface area contributed by atoms with Gasteiger partial charge in [-0.1, -0.05) is 24.3 Å². The lowest BCUT2D eigenvalue weighted by atomic mass is 10.1. The number of fused-ring (bicyclic) bond motifs is 2. The minimum atomic E-state index is 0.606. The molecule has 0 bridgehead atoms. The van der Waals surface area contributed by atoms with Gasteiger partial charge in [-0.05, 0) is 24.6 Å². The van der Waals surface area contributed by atoms with Gasteiger partial charge in [0.05, 0.1) is 10.9 Å². The summed E-state index contributed by atoms with van der Waals surface area (Å²) in [5.74, 6) is 0. The van der Waals surface area contributed by atoms with Crippen molar-refractivity contribution in [1.29, 1.82) is 0 Å². The van der Waals surface area contributed by atoms with Gasteiger partial charge in [0.2, 0.25) is 0 Å². The average molecular weight is 215 g/mol. The van der Waals surface area contributed by atoms with E-state index < -0.39 is 0 Å². The third kappa shape index (κ3) is 1.40. The van der Waals surface area contributed by atoms with Gasteiger partial charge in [-0.15, -0.1) is 11.8 Å². The molecule has 0 aromatic heterocycles. The van der Waals surface area contributed by atoms with Gasteiger partial charge in [-0.2, -0.15) is 0 Å². The Balaban J connectivity index is 2.10. The van der Waals surface area contributed by atoms with Crippen LogP contribution in [0.4, 0.5) is 5.69 Å². The molecule has 15 heavy (non-hydrogen) atoms. The minimum absolute atomic E-state index is 0.606. The van der Waals surface area contributed by atoms with Gasteiger partial charge in [-0.25, -0.2) is 0 Å². The Bertz CT molecular complexity index is 448. The summed E-state index contributed by atoms with van der Waals surface area (Å²) in [6, 6.07) is 8.63. The zero-order valence-corrected chi connectivity index (χ0v) is 9.50. The highest BCUT2D eigenvalue weighted by Gasteiger charge is 2.27. The SMILES string of the molecule is CN1C2=CC=CCC2Sc2ccccc21. The molecule has 76 valence electrons. The van der Waals surface area contributed by atoms with Crippen LogP contribution in [-0.4, -0.2) is 12.3 Å². The molecule has 0 fully saturated rings. The summed E-state index contributed by atoms with van der Waals surface area (Å²) in [6.07, 6.45) is 7.80. The van der Waals surface area contributed by atoms with E-state index in [9.17, 15) is 0 Å². The van der Waals surface area contributed by atoms with Crippen molar-refractivity contribution in [2.45, 2.75) is 16.6 Å². The quantitative estimate of drug-likeness (QED) is 0.652. The van der Waals surface area contributed by atoms with Crippen molar-refractivity contribution in [2.24, 2.45) is 0 Å². The number of benzene rings is 1. The lowest BCUT2D eigenvalue weighted by Gasteiger charge is -2.36. The number of hydrogen-bond acceptors (Lipinski definition) is 2. The molecule has 2 aliphatic rings. The van der Waals surface area contributed by atoms with Crippen LogP contribution in [0.15, 0.2) is 53.1 Å². The third-order valence-corrected chi connectivity index (χ3v) is 4.28. The molecular formula is C13H13NS. The normalized spacial score (nSPS) is 23.1. The molecule has 1 aromatic carbocycles. The Labute approximate surface area is 94.5 Å². The Hall–Kier alpha value is -1.15. The fraction of sp³-hybridized carbons (Fsp3) is 0.231. The topological polar surface area (TPSA) is 3.24 Å². The fourth-order valence-corrected chi connectivity index (χ4v) is 3.51. The molecule has 1 atom stereocenters. The summed E-state index contributed by atoms with van der Waals surface area (Å²) in [5.41, 5.74) is 2.77. The van der Waals surface area contributed by atoms with Gasteiger partial charge >= 0.3 is 0 Å². The molecular weight excluding hydrogens is 202 g/mol. The number of rotatable bonds is 0. The third-order valence-electron chi connectivity index (χ3n) is 2.97. The van der Waals surface area contributed by atoms with Crippen molar-refractivity contribution in [1.82, 2.24) is 0 Å². The monoisotopic (exact) mass is 215 g/mol. The predicted octanol–water partition coefficient (Wildman–Crippen LogP) is 3.44. The molecule has 0 saturated heterocycles. The minimum Gasteiger partial charge on any atom is -0.346 e. The van der Waals surface area contributed by atoms with Crippen LogP contribution in [-0.2, 0) is 0 Å². The first kappa shape index (κ1) is 9.10. The van der Waals surface area contributed by atoms with Crippen LogP contribution < -0.4 is 4.90 Å². The Morgan fingerprint density at radius 2 is 2.20 bits per heavy atom. The molecule has 1 aliphatic heterocycles. The lowest BCUT2D eigenvalue weighted by Crippen LogP contribution is -2.29. The highest BCUT2D eigenvalue weighted by molar-refractivity contribution is 8.00. The number of anilines is 1. The zero-order valence-electron chi connectivity index (χ0n) is 8.68. The van der Waals surface area contributed by atoms with E-state index in [1.54, 1.807) is 0 Å². The first-order valence-corrected chi connectivity index (χ1v) is 6.10. The van der Waals surface area contributed by atoms with Crippen molar-refractivity contribution >= 4 is 17.4 Å². The van der Waals surface area contributed by atoms with E-state index in [1.807, 2.05) is 11.8 Å². The highest BCUT2D eigenvalue weighted by atomic mass is 32.2. The molecule has 1 unspecified atom stereocenters. The van der Waals surface area contributed by atoms with E-state index in [2.05, 4.69) is 54.4 Å². The highest BCUT2D eigenvalue weighted by Crippen LogP contribution is 2.44. The molecule has 0 amide bonds. The molecule has 0 radical (unpaired) electrons. The Morgan fingerprint density at radius 1 is 1.33 bits per heavy atom. The number of allylic oxidation sites excluding steroid dienone is 3.